The highest BCUT2D eigenvalue weighted by atomic mass is 32.2. The van der Waals surface area contributed by atoms with Gasteiger partial charge in [0.2, 0.25) is 11.8 Å². The van der Waals surface area contributed by atoms with Gasteiger partial charge in [-0.2, -0.15) is 0 Å². The molecule has 1 atom stereocenters. The van der Waals surface area contributed by atoms with Gasteiger partial charge in [-0.1, -0.05) is 0 Å². The van der Waals surface area contributed by atoms with E-state index in [9.17, 15) is 9.59 Å². The minimum atomic E-state index is -0.322. The number of anilines is 1. The lowest BCUT2D eigenvalue weighted by Gasteiger charge is -2.17. The molecule has 2 amide bonds. The minimum absolute atomic E-state index is 0.0138. The lowest BCUT2D eigenvalue weighted by atomic mass is 10.1. The van der Waals surface area contributed by atoms with Crippen molar-refractivity contribution in [1.82, 2.24) is 5.32 Å². The molecule has 1 aliphatic heterocycles. The molecule has 1 fully saturated rings. The normalized spacial score (nSPS) is 17.5. The largest absolute Gasteiger partial charge is 0.467 e. The number of carbonyl (C=O) groups is 2. The Kier molecular flexibility index (Phi) is 4.71. The fourth-order valence-electron chi connectivity index (χ4n) is 2.63. The molecule has 0 bridgehead atoms. The zero-order valence-electron chi connectivity index (χ0n) is 12.8. The summed E-state index contributed by atoms with van der Waals surface area (Å²) in [6.07, 6.45) is 3.82. The van der Waals surface area contributed by atoms with E-state index in [0.717, 1.165) is 10.6 Å². The van der Waals surface area contributed by atoms with Crippen molar-refractivity contribution in [3.63, 3.8) is 0 Å². The van der Waals surface area contributed by atoms with Gasteiger partial charge < -0.3 is 14.6 Å². The van der Waals surface area contributed by atoms with Crippen LogP contribution in [0.3, 0.4) is 0 Å². The first-order valence-electron chi connectivity index (χ1n) is 7.42. The van der Waals surface area contributed by atoms with Crippen molar-refractivity contribution in [3.8, 4) is 0 Å². The number of nitrogens with zero attached hydrogens (tertiary/aromatic N) is 1. The molecule has 1 unspecified atom stereocenters. The van der Waals surface area contributed by atoms with Crippen LogP contribution in [0.5, 0.6) is 0 Å². The van der Waals surface area contributed by atoms with E-state index < -0.39 is 0 Å². The zero-order chi connectivity index (χ0) is 16.2. The summed E-state index contributed by atoms with van der Waals surface area (Å²) in [5.74, 6) is 0.253. The second-order valence-corrected chi connectivity index (χ2v) is 6.28. The quantitative estimate of drug-likeness (QED) is 0.856. The van der Waals surface area contributed by atoms with Crippen LogP contribution in [0.25, 0.3) is 0 Å². The van der Waals surface area contributed by atoms with E-state index in [2.05, 4.69) is 5.32 Å². The summed E-state index contributed by atoms with van der Waals surface area (Å²) in [7, 11) is 0. The molecular formula is C17H18N2O3S. The van der Waals surface area contributed by atoms with Gasteiger partial charge in [-0.15, -0.1) is 11.8 Å². The number of furan rings is 1. The Balaban J connectivity index is 1.60. The number of rotatable bonds is 5. The van der Waals surface area contributed by atoms with Gasteiger partial charge in [-0.3, -0.25) is 9.59 Å². The summed E-state index contributed by atoms with van der Waals surface area (Å²) in [6.45, 7) is 0.764. The van der Waals surface area contributed by atoms with E-state index >= 15 is 0 Å². The molecule has 5 nitrogen and oxygen atoms in total. The minimum Gasteiger partial charge on any atom is -0.467 e. The third kappa shape index (κ3) is 3.59. The molecule has 1 N–H and O–H groups in total. The van der Waals surface area contributed by atoms with E-state index in [4.69, 9.17) is 4.42 Å². The smallest absolute Gasteiger partial charge is 0.227 e. The van der Waals surface area contributed by atoms with Crippen LogP contribution < -0.4 is 10.2 Å². The van der Waals surface area contributed by atoms with Crippen molar-refractivity contribution in [2.75, 3.05) is 17.7 Å². The monoisotopic (exact) mass is 330 g/mol. The molecule has 1 aromatic heterocycles. The molecule has 1 aliphatic rings. The molecule has 23 heavy (non-hydrogen) atoms. The summed E-state index contributed by atoms with van der Waals surface area (Å²) >= 11 is 1.66. The maximum Gasteiger partial charge on any atom is 0.227 e. The second-order valence-electron chi connectivity index (χ2n) is 5.40. The van der Waals surface area contributed by atoms with Crippen LogP contribution in [0.4, 0.5) is 5.69 Å². The van der Waals surface area contributed by atoms with Crippen LogP contribution in [0.15, 0.2) is 52.0 Å². The number of hydrogen-bond donors (Lipinski definition) is 1. The Morgan fingerprint density at radius 1 is 1.35 bits per heavy atom. The topological polar surface area (TPSA) is 62.6 Å². The summed E-state index contributed by atoms with van der Waals surface area (Å²) in [6, 6.07) is 11.4. The third-order valence-corrected chi connectivity index (χ3v) is 4.64. The van der Waals surface area contributed by atoms with Gasteiger partial charge in [-0.05, 0) is 42.7 Å². The van der Waals surface area contributed by atoms with E-state index in [1.165, 1.54) is 0 Å². The Labute approximate surface area is 139 Å². The molecule has 120 valence electrons. The van der Waals surface area contributed by atoms with Gasteiger partial charge >= 0.3 is 0 Å². The zero-order valence-corrected chi connectivity index (χ0v) is 13.6. The molecule has 2 heterocycles. The summed E-state index contributed by atoms with van der Waals surface area (Å²) in [5.41, 5.74) is 0.842. The predicted octanol–water partition coefficient (Wildman–Crippen LogP) is 2.67. The van der Waals surface area contributed by atoms with Crippen molar-refractivity contribution in [2.24, 2.45) is 5.92 Å². The van der Waals surface area contributed by atoms with Crippen LogP contribution in [0.1, 0.15) is 12.2 Å². The van der Waals surface area contributed by atoms with Crippen LogP contribution in [-0.2, 0) is 16.1 Å². The number of carbonyl (C=O) groups excluding carboxylic acids is 2. The molecule has 0 radical (unpaired) electrons. The maximum absolute atomic E-state index is 12.2. The van der Waals surface area contributed by atoms with Crippen molar-refractivity contribution < 1.29 is 14.0 Å². The Bertz CT molecular complexity index is 682. The first kappa shape index (κ1) is 15.7. The number of amides is 2. The number of benzene rings is 1. The number of nitrogens with one attached hydrogen (secondary N) is 1. The first-order valence-corrected chi connectivity index (χ1v) is 8.64. The highest BCUT2D eigenvalue weighted by Gasteiger charge is 2.35. The lowest BCUT2D eigenvalue weighted by molar-refractivity contribution is -0.126. The molecule has 3 rings (SSSR count). The van der Waals surface area contributed by atoms with Gasteiger partial charge in [-0.25, -0.2) is 0 Å². The Morgan fingerprint density at radius 2 is 2.13 bits per heavy atom. The molecule has 0 saturated carbocycles. The highest BCUT2D eigenvalue weighted by molar-refractivity contribution is 7.98. The Morgan fingerprint density at radius 3 is 2.78 bits per heavy atom. The van der Waals surface area contributed by atoms with E-state index in [1.807, 2.05) is 30.5 Å². The average molecular weight is 330 g/mol. The number of hydrogen-bond acceptors (Lipinski definition) is 4. The van der Waals surface area contributed by atoms with Crippen LogP contribution in [0, 0.1) is 5.92 Å². The number of thioether (sulfide) groups is 1. The van der Waals surface area contributed by atoms with E-state index in [0.29, 0.717) is 18.8 Å². The average Bonchev–Trinajstić information content (AvgIpc) is 3.22. The molecule has 0 aliphatic carbocycles. The van der Waals surface area contributed by atoms with Gasteiger partial charge in [0, 0.05) is 23.5 Å². The van der Waals surface area contributed by atoms with Crippen molar-refractivity contribution in [2.45, 2.75) is 17.9 Å². The second kappa shape index (κ2) is 6.91. The maximum atomic E-state index is 12.2. The van der Waals surface area contributed by atoms with Gasteiger partial charge in [0.1, 0.15) is 5.76 Å². The molecule has 1 aromatic carbocycles. The highest BCUT2D eigenvalue weighted by Crippen LogP contribution is 2.27. The van der Waals surface area contributed by atoms with Crippen molar-refractivity contribution in [3.05, 3.63) is 48.4 Å². The SMILES string of the molecule is CSc1ccc(N2CC(C(=O)NCc3ccco3)CC2=O)cc1. The van der Waals surface area contributed by atoms with Crippen LogP contribution >= 0.6 is 11.8 Å². The van der Waals surface area contributed by atoms with Gasteiger partial charge in [0.05, 0.1) is 18.7 Å². The van der Waals surface area contributed by atoms with Crippen molar-refractivity contribution in [1.29, 1.82) is 0 Å². The van der Waals surface area contributed by atoms with Gasteiger partial charge in [0.25, 0.3) is 0 Å². The van der Waals surface area contributed by atoms with Gasteiger partial charge in [0.15, 0.2) is 0 Å². The third-order valence-electron chi connectivity index (χ3n) is 3.90. The lowest BCUT2D eigenvalue weighted by Crippen LogP contribution is -2.32. The summed E-state index contributed by atoms with van der Waals surface area (Å²) in [5, 5.41) is 2.82. The van der Waals surface area contributed by atoms with Crippen LogP contribution in [-0.4, -0.2) is 24.6 Å². The molecule has 1 saturated heterocycles. The summed E-state index contributed by atoms with van der Waals surface area (Å²) < 4.78 is 5.19. The van der Waals surface area contributed by atoms with Crippen LogP contribution in [0.2, 0.25) is 0 Å². The molecular weight excluding hydrogens is 312 g/mol. The molecule has 0 spiro atoms. The fourth-order valence-corrected chi connectivity index (χ4v) is 3.03. The molecule has 2 aromatic rings. The van der Waals surface area contributed by atoms with Crippen molar-refractivity contribution >= 4 is 29.3 Å². The Hall–Kier alpha value is -2.21. The van der Waals surface area contributed by atoms with E-state index in [1.54, 1.807) is 35.1 Å². The first-order chi connectivity index (χ1) is 11.2. The summed E-state index contributed by atoms with van der Waals surface area (Å²) in [4.78, 5) is 27.3. The predicted molar refractivity (Wildman–Crippen MR) is 89.2 cm³/mol. The molecule has 6 heteroatoms. The van der Waals surface area contributed by atoms with E-state index in [-0.39, 0.29) is 24.2 Å². The fraction of sp³-hybridized carbons (Fsp3) is 0.294. The standard InChI is InChI=1S/C17H18N2O3S/c1-23-15-6-4-13(5-7-15)19-11-12(9-16(19)20)17(21)18-10-14-3-2-8-22-14/h2-8,12H,9-11H2,1H3,(H,18,21).